The summed E-state index contributed by atoms with van der Waals surface area (Å²) >= 11 is 0. The van der Waals surface area contributed by atoms with Crippen molar-refractivity contribution in [1.82, 2.24) is 19.5 Å². The van der Waals surface area contributed by atoms with E-state index < -0.39 is 0 Å². The van der Waals surface area contributed by atoms with Crippen molar-refractivity contribution in [2.45, 2.75) is 13.3 Å². The van der Waals surface area contributed by atoms with Gasteiger partial charge in [0.25, 0.3) is 0 Å². The monoisotopic (exact) mass is 268 g/mol. The molecule has 1 aromatic carbocycles. The van der Waals surface area contributed by atoms with Crippen LogP contribution in [0.1, 0.15) is 13.3 Å². The molecule has 0 atom stereocenters. The number of rotatable bonds is 4. The molecule has 0 spiro atoms. The molecule has 20 heavy (non-hydrogen) atoms. The molecule has 6 nitrogen and oxygen atoms in total. The molecule has 0 saturated heterocycles. The van der Waals surface area contributed by atoms with E-state index in [-0.39, 0.29) is 0 Å². The summed E-state index contributed by atoms with van der Waals surface area (Å²) in [7, 11) is 0. The predicted octanol–water partition coefficient (Wildman–Crippen LogP) is 2.22. The number of fused-ring (bicyclic) bond motifs is 1. The van der Waals surface area contributed by atoms with Gasteiger partial charge in [-0.05, 0) is 18.6 Å². The number of anilines is 2. The molecule has 102 valence electrons. The Labute approximate surface area is 116 Å². The molecule has 3 rings (SSSR count). The maximum absolute atomic E-state index is 6.17. The molecule has 0 aliphatic rings. The van der Waals surface area contributed by atoms with Gasteiger partial charge in [0.2, 0.25) is 0 Å². The normalized spacial score (nSPS) is 10.8. The highest BCUT2D eigenvalue weighted by atomic mass is 15.2. The molecule has 0 radical (unpaired) electrons. The second-order valence-electron chi connectivity index (χ2n) is 4.49. The van der Waals surface area contributed by atoms with E-state index in [9.17, 15) is 0 Å². The van der Waals surface area contributed by atoms with Crippen molar-refractivity contribution in [3.8, 4) is 5.82 Å². The van der Waals surface area contributed by atoms with Crippen LogP contribution < -0.4 is 11.1 Å². The molecule has 0 fully saturated rings. The lowest BCUT2D eigenvalue weighted by molar-refractivity contribution is 0.953. The number of aromatic nitrogens is 4. The summed E-state index contributed by atoms with van der Waals surface area (Å²) in [6.07, 6.45) is 4.25. The highest BCUT2D eigenvalue weighted by molar-refractivity contribution is 5.80. The third-order valence-corrected chi connectivity index (χ3v) is 3.09. The van der Waals surface area contributed by atoms with Gasteiger partial charge in [0.1, 0.15) is 18.3 Å². The lowest BCUT2D eigenvalue weighted by Gasteiger charge is -2.11. The topological polar surface area (TPSA) is 81.7 Å². The first-order chi connectivity index (χ1) is 9.81. The number of para-hydroxylation sites is 2. The maximum atomic E-state index is 6.17. The molecule has 0 aliphatic carbocycles. The van der Waals surface area contributed by atoms with Crippen LogP contribution in [0.4, 0.5) is 11.5 Å². The lowest BCUT2D eigenvalue weighted by Crippen LogP contribution is -2.09. The van der Waals surface area contributed by atoms with Crippen molar-refractivity contribution in [1.29, 1.82) is 0 Å². The van der Waals surface area contributed by atoms with E-state index in [2.05, 4.69) is 27.2 Å². The zero-order valence-corrected chi connectivity index (χ0v) is 11.2. The zero-order chi connectivity index (χ0) is 13.9. The molecule has 0 amide bonds. The number of hydrogen-bond acceptors (Lipinski definition) is 5. The minimum Gasteiger partial charge on any atom is -0.393 e. The Bertz CT molecular complexity index is 733. The smallest absolute Gasteiger partial charge is 0.167 e. The largest absolute Gasteiger partial charge is 0.393 e. The van der Waals surface area contributed by atoms with E-state index in [1.165, 1.54) is 6.33 Å². The summed E-state index contributed by atoms with van der Waals surface area (Å²) in [5, 5.41) is 3.20. The zero-order valence-electron chi connectivity index (χ0n) is 11.2. The van der Waals surface area contributed by atoms with Crippen molar-refractivity contribution in [3.05, 3.63) is 36.9 Å². The van der Waals surface area contributed by atoms with Crippen molar-refractivity contribution in [2.24, 2.45) is 0 Å². The van der Waals surface area contributed by atoms with Gasteiger partial charge in [0, 0.05) is 6.54 Å². The Hall–Kier alpha value is -2.63. The minimum atomic E-state index is 0.532. The number of nitrogen functional groups attached to an aromatic ring is 1. The Morgan fingerprint density at radius 1 is 1.20 bits per heavy atom. The molecule has 0 aliphatic heterocycles. The van der Waals surface area contributed by atoms with Crippen molar-refractivity contribution < 1.29 is 0 Å². The van der Waals surface area contributed by atoms with Gasteiger partial charge in [-0.3, -0.25) is 4.57 Å². The molecule has 3 N–H and O–H groups in total. The number of nitrogens with one attached hydrogen (secondary N) is 1. The predicted molar refractivity (Wildman–Crippen MR) is 79.9 cm³/mol. The molecule has 2 aromatic heterocycles. The van der Waals surface area contributed by atoms with Crippen molar-refractivity contribution in [3.63, 3.8) is 0 Å². The van der Waals surface area contributed by atoms with E-state index in [0.29, 0.717) is 17.3 Å². The molecule has 2 heterocycles. The van der Waals surface area contributed by atoms with E-state index in [1.54, 1.807) is 6.33 Å². The molecule has 0 bridgehead atoms. The number of imidazole rings is 1. The number of nitrogens with zero attached hydrogens (tertiary/aromatic N) is 4. The summed E-state index contributed by atoms with van der Waals surface area (Å²) < 4.78 is 1.88. The quantitative estimate of drug-likeness (QED) is 0.758. The second kappa shape index (κ2) is 5.16. The molecular formula is C14H16N6. The fraction of sp³-hybridized carbons (Fsp3) is 0.214. The Morgan fingerprint density at radius 3 is 2.90 bits per heavy atom. The van der Waals surface area contributed by atoms with Crippen LogP contribution in [0, 0.1) is 0 Å². The summed E-state index contributed by atoms with van der Waals surface area (Å²) in [5.41, 5.74) is 8.58. The number of hydrogen-bond donors (Lipinski definition) is 2. The van der Waals surface area contributed by atoms with Crippen LogP contribution in [-0.2, 0) is 0 Å². The van der Waals surface area contributed by atoms with Gasteiger partial charge in [-0.1, -0.05) is 19.1 Å². The first kappa shape index (κ1) is 12.4. The van der Waals surface area contributed by atoms with Gasteiger partial charge in [-0.25, -0.2) is 15.0 Å². The maximum Gasteiger partial charge on any atom is 0.167 e. The van der Waals surface area contributed by atoms with Crippen LogP contribution in [0.5, 0.6) is 0 Å². The molecule has 0 saturated carbocycles. The fourth-order valence-electron chi connectivity index (χ4n) is 2.09. The van der Waals surface area contributed by atoms with Gasteiger partial charge in [0.05, 0.1) is 11.0 Å². The third kappa shape index (κ3) is 2.05. The van der Waals surface area contributed by atoms with E-state index in [0.717, 1.165) is 24.0 Å². The van der Waals surface area contributed by atoms with Crippen LogP contribution in [0.15, 0.2) is 36.9 Å². The second-order valence-corrected chi connectivity index (χ2v) is 4.49. The molecule has 3 aromatic rings. The minimum absolute atomic E-state index is 0.532. The van der Waals surface area contributed by atoms with Crippen molar-refractivity contribution >= 4 is 22.5 Å². The van der Waals surface area contributed by atoms with Crippen LogP contribution in [0.25, 0.3) is 16.9 Å². The third-order valence-electron chi connectivity index (χ3n) is 3.09. The molecular weight excluding hydrogens is 252 g/mol. The summed E-state index contributed by atoms with van der Waals surface area (Å²) in [5.74, 6) is 1.31. The Balaban J connectivity index is 2.10. The van der Waals surface area contributed by atoms with Gasteiger partial charge in [0.15, 0.2) is 11.6 Å². The van der Waals surface area contributed by atoms with Crippen LogP contribution in [-0.4, -0.2) is 26.1 Å². The molecule has 6 heteroatoms. The fourth-order valence-corrected chi connectivity index (χ4v) is 2.09. The summed E-state index contributed by atoms with van der Waals surface area (Å²) in [6, 6.07) is 7.87. The van der Waals surface area contributed by atoms with Crippen LogP contribution >= 0.6 is 0 Å². The SMILES string of the molecule is CCCNc1ncnc(-n2cnc3ccccc32)c1N. The van der Waals surface area contributed by atoms with E-state index >= 15 is 0 Å². The molecule has 0 unspecified atom stereocenters. The van der Waals surface area contributed by atoms with E-state index in [1.807, 2.05) is 28.8 Å². The highest BCUT2D eigenvalue weighted by Crippen LogP contribution is 2.24. The van der Waals surface area contributed by atoms with Gasteiger partial charge in [-0.15, -0.1) is 0 Å². The number of benzene rings is 1. The highest BCUT2D eigenvalue weighted by Gasteiger charge is 2.12. The van der Waals surface area contributed by atoms with Gasteiger partial charge < -0.3 is 11.1 Å². The average molecular weight is 268 g/mol. The first-order valence-electron chi connectivity index (χ1n) is 6.58. The Kier molecular flexibility index (Phi) is 3.20. The average Bonchev–Trinajstić information content (AvgIpc) is 2.90. The lowest BCUT2D eigenvalue weighted by atomic mass is 10.3. The van der Waals surface area contributed by atoms with Crippen molar-refractivity contribution in [2.75, 3.05) is 17.6 Å². The van der Waals surface area contributed by atoms with E-state index in [4.69, 9.17) is 5.73 Å². The van der Waals surface area contributed by atoms with Crippen LogP contribution in [0.2, 0.25) is 0 Å². The number of nitrogens with two attached hydrogens (primary N) is 1. The summed E-state index contributed by atoms with van der Waals surface area (Å²) in [4.78, 5) is 12.8. The summed E-state index contributed by atoms with van der Waals surface area (Å²) in [6.45, 7) is 2.92. The first-order valence-corrected chi connectivity index (χ1v) is 6.58. The standard InChI is InChI=1S/C14H16N6/c1-2-7-16-13-12(15)14(18-8-17-13)20-9-19-10-5-3-4-6-11(10)20/h3-6,8-9H,2,7,15H2,1H3,(H,16,17,18). The Morgan fingerprint density at radius 2 is 2.05 bits per heavy atom. The van der Waals surface area contributed by atoms with Gasteiger partial charge in [-0.2, -0.15) is 0 Å². The van der Waals surface area contributed by atoms with Crippen LogP contribution in [0.3, 0.4) is 0 Å². The van der Waals surface area contributed by atoms with Gasteiger partial charge >= 0.3 is 0 Å².